The average molecular weight is 791 g/mol. The molecule has 6 aromatic rings. The number of methoxy groups -OCH3 is 2. The normalized spacial score (nSPS) is 10.1. The first-order valence-electron chi connectivity index (χ1n) is 16.6. The summed E-state index contributed by atoms with van der Waals surface area (Å²) in [6, 6.07) is 30.6. The number of alkyl halides is 1. The summed E-state index contributed by atoms with van der Waals surface area (Å²) >= 11 is 3.44. The highest BCUT2D eigenvalue weighted by Gasteiger charge is 2.15. The number of halogens is 2. The highest BCUT2D eigenvalue weighted by molar-refractivity contribution is 9.10. The van der Waals surface area contributed by atoms with Gasteiger partial charge < -0.3 is 20.5 Å². The zero-order valence-electron chi connectivity index (χ0n) is 30.4. The topological polar surface area (TPSA) is 142 Å². The lowest BCUT2D eigenvalue weighted by Gasteiger charge is -2.14. The Balaban J connectivity index is 0.000000449. The van der Waals surface area contributed by atoms with Gasteiger partial charge in [0.25, 0.3) is 0 Å². The molecule has 0 saturated carbocycles. The van der Waals surface area contributed by atoms with E-state index in [4.69, 9.17) is 21.6 Å². The fourth-order valence-electron chi connectivity index (χ4n) is 4.53. The number of hydrogen-bond acceptors (Lipinski definition) is 10. The summed E-state index contributed by atoms with van der Waals surface area (Å²) in [4.78, 5) is 41.8. The van der Waals surface area contributed by atoms with Gasteiger partial charge in [-0.25, -0.2) is 29.5 Å². The smallest absolute Gasteiger partial charge is 0.337 e. The van der Waals surface area contributed by atoms with Gasteiger partial charge >= 0.3 is 11.9 Å². The molecular weight excluding hydrogens is 739 g/mol. The fourth-order valence-corrected chi connectivity index (χ4v) is 5.04. The van der Waals surface area contributed by atoms with Gasteiger partial charge in [-0.05, 0) is 72.2 Å². The minimum Gasteiger partial charge on any atom is -0.465 e. The van der Waals surface area contributed by atoms with Crippen LogP contribution < -0.4 is 11.1 Å². The molecule has 0 aliphatic rings. The van der Waals surface area contributed by atoms with Crippen molar-refractivity contribution in [2.24, 2.45) is 5.73 Å². The van der Waals surface area contributed by atoms with Gasteiger partial charge in [0.1, 0.15) is 16.0 Å². The van der Waals surface area contributed by atoms with Crippen molar-refractivity contribution >= 4 is 55.8 Å². The SMILES string of the molecule is C.C.CC(C)N.COC(=O)c1ccc2nc(-c3ccccc3)c(Br)nc2c1.COC(=O)c1ccc2nc(-c3ccccc3)c(NC(C)C)nc2c1.[2H]CF. The maximum absolute atomic E-state index is 11.7. The molecule has 3 N–H and O–H groups in total. The number of hydrogen-bond donors (Lipinski definition) is 2. The van der Waals surface area contributed by atoms with E-state index in [0.717, 1.165) is 33.5 Å². The number of benzene rings is 4. The maximum atomic E-state index is 11.7. The van der Waals surface area contributed by atoms with E-state index >= 15 is 0 Å². The van der Waals surface area contributed by atoms with Crippen LogP contribution in [0.2, 0.25) is 0 Å². The first kappa shape index (κ1) is 43.8. The summed E-state index contributed by atoms with van der Waals surface area (Å²) in [6.45, 7) is 7.98. The quantitative estimate of drug-likeness (QED) is 0.157. The van der Waals surface area contributed by atoms with Gasteiger partial charge in [0, 0.05) is 17.2 Å². The Bertz CT molecular complexity index is 2070. The Morgan fingerprint density at radius 2 is 1.09 bits per heavy atom. The lowest BCUT2D eigenvalue weighted by Crippen LogP contribution is -2.13. The number of nitrogens with zero attached hydrogens (tertiary/aromatic N) is 4. The minimum atomic E-state index is -1.00. The Morgan fingerprint density at radius 1 is 0.698 bits per heavy atom. The Hall–Kier alpha value is -5.33. The highest BCUT2D eigenvalue weighted by atomic mass is 79.9. The number of carbonyl (C=O) groups excluding carboxylic acids is 2. The summed E-state index contributed by atoms with van der Waals surface area (Å²) < 4.78 is 25.6. The van der Waals surface area contributed by atoms with Crippen LogP contribution in [0.1, 0.15) is 64.6 Å². The molecule has 282 valence electrons. The van der Waals surface area contributed by atoms with Crippen LogP contribution >= 0.6 is 15.9 Å². The van der Waals surface area contributed by atoms with E-state index in [-0.39, 0.29) is 32.8 Å². The van der Waals surface area contributed by atoms with Gasteiger partial charge in [-0.15, -0.1) is 0 Å². The van der Waals surface area contributed by atoms with Crippen molar-refractivity contribution < 1.29 is 24.8 Å². The van der Waals surface area contributed by atoms with Crippen molar-refractivity contribution in [1.82, 2.24) is 19.9 Å². The number of nitrogens with two attached hydrogens (primary N) is 1. The molecule has 0 aliphatic heterocycles. The van der Waals surface area contributed by atoms with E-state index in [1.807, 2.05) is 88.4 Å². The number of ether oxygens (including phenoxy) is 2. The molecule has 0 bridgehead atoms. The minimum absolute atomic E-state index is 0. The van der Waals surface area contributed by atoms with E-state index in [1.165, 1.54) is 14.2 Å². The van der Waals surface area contributed by atoms with Gasteiger partial charge in [-0.2, -0.15) is 0 Å². The second-order valence-electron chi connectivity index (χ2n) is 11.4. The lowest BCUT2D eigenvalue weighted by atomic mass is 10.1. The zero-order valence-corrected chi connectivity index (χ0v) is 30.9. The number of esters is 2. The van der Waals surface area contributed by atoms with Crippen LogP contribution in [-0.2, 0) is 9.47 Å². The first-order chi connectivity index (χ1) is 24.9. The van der Waals surface area contributed by atoms with E-state index < -0.39 is 7.15 Å². The summed E-state index contributed by atoms with van der Waals surface area (Å²) in [5, 5.41) is 3.34. The van der Waals surface area contributed by atoms with E-state index in [2.05, 4.69) is 36.2 Å². The second kappa shape index (κ2) is 22.6. The highest BCUT2D eigenvalue weighted by Crippen LogP contribution is 2.29. The van der Waals surface area contributed by atoms with Crippen LogP contribution in [0.5, 0.6) is 0 Å². The Morgan fingerprint density at radius 3 is 1.51 bits per heavy atom. The molecule has 0 atom stereocenters. The molecule has 0 aliphatic carbocycles. The van der Waals surface area contributed by atoms with Crippen LogP contribution in [0.25, 0.3) is 44.6 Å². The third-order valence-electron chi connectivity index (χ3n) is 6.65. The molecule has 0 fully saturated rings. The predicted octanol–water partition coefficient (Wildman–Crippen LogP) is 9.96. The molecule has 53 heavy (non-hydrogen) atoms. The van der Waals surface area contributed by atoms with Crippen molar-refractivity contribution in [3.8, 4) is 22.5 Å². The number of anilines is 1. The maximum Gasteiger partial charge on any atom is 0.337 e. The van der Waals surface area contributed by atoms with Crippen LogP contribution in [0, 0.1) is 0 Å². The molecule has 2 heterocycles. The summed E-state index contributed by atoms with van der Waals surface area (Å²) in [7, 11) is 1.72. The van der Waals surface area contributed by atoms with E-state index in [1.54, 1.807) is 36.4 Å². The van der Waals surface area contributed by atoms with Crippen molar-refractivity contribution in [1.29, 1.82) is 0 Å². The third kappa shape index (κ3) is 13.0. The van der Waals surface area contributed by atoms with Crippen molar-refractivity contribution in [2.75, 3.05) is 26.7 Å². The monoisotopic (exact) mass is 789 g/mol. The molecule has 10 nitrogen and oxygen atoms in total. The molecular formula is C41H50BrFN6O4. The lowest BCUT2D eigenvalue weighted by molar-refractivity contribution is 0.0592. The molecule has 0 unspecified atom stereocenters. The molecule has 12 heteroatoms. The first-order valence-corrected chi connectivity index (χ1v) is 16.6. The summed E-state index contributed by atoms with van der Waals surface area (Å²) in [5.74, 6) is -0.0723. The number of nitrogens with one attached hydrogen (secondary N) is 1. The van der Waals surface area contributed by atoms with Crippen molar-refractivity contribution in [2.45, 2.75) is 54.6 Å². The van der Waals surface area contributed by atoms with Crippen LogP contribution in [0.4, 0.5) is 10.2 Å². The number of carbonyl (C=O) groups is 2. The zero-order chi connectivity index (χ0) is 38.2. The van der Waals surface area contributed by atoms with Gasteiger partial charge in [0.05, 0.1) is 55.9 Å². The summed E-state index contributed by atoms with van der Waals surface area (Å²) in [5.41, 5.74) is 12.3. The average Bonchev–Trinajstić information content (AvgIpc) is 3.14. The van der Waals surface area contributed by atoms with Crippen molar-refractivity contribution in [3.05, 3.63) is 113 Å². The van der Waals surface area contributed by atoms with Crippen molar-refractivity contribution in [3.63, 3.8) is 0 Å². The van der Waals surface area contributed by atoms with Crippen LogP contribution in [-0.4, -0.2) is 65.3 Å². The Kier molecular flexibility index (Phi) is 18.7. The van der Waals surface area contributed by atoms with Gasteiger partial charge in [0.2, 0.25) is 0 Å². The standard InChI is InChI=1S/C19H19N3O2.C16H11BrN2O2.C3H9N.CH3F.2CH4/c1-12(2)20-18-17(13-7-5-4-6-8-13)21-15-10-9-14(19(23)24-3)11-16(15)22-18;1-21-16(20)11-7-8-12-13(9-11)19-15(17)14(18-12)10-5-3-2-4-6-10;1-3(2)4;1-2;;/h4-12H,1-3H3,(H,20,22);2-9H,1H3;3H,4H2,1-2H3;1H3;2*1H4/i;;;1D;;. The molecule has 2 aromatic heterocycles. The van der Waals surface area contributed by atoms with Gasteiger partial charge in [-0.3, -0.25) is 4.39 Å². The van der Waals surface area contributed by atoms with Gasteiger partial charge in [0.15, 0.2) is 5.82 Å². The molecule has 0 saturated heterocycles. The molecule has 6 rings (SSSR count). The third-order valence-corrected chi connectivity index (χ3v) is 7.20. The van der Waals surface area contributed by atoms with Crippen LogP contribution in [0.15, 0.2) is 102 Å². The van der Waals surface area contributed by atoms with E-state index in [9.17, 15) is 14.0 Å². The fraction of sp³-hybridized carbons (Fsp3) is 0.268. The predicted molar refractivity (Wildman–Crippen MR) is 219 cm³/mol. The molecule has 4 aromatic carbocycles. The molecule has 0 amide bonds. The number of aromatic nitrogens is 4. The number of rotatable bonds is 6. The Labute approximate surface area is 321 Å². The van der Waals surface area contributed by atoms with Gasteiger partial charge in [-0.1, -0.05) is 89.4 Å². The van der Waals surface area contributed by atoms with E-state index in [0.29, 0.717) is 38.6 Å². The largest absolute Gasteiger partial charge is 0.465 e. The molecule has 0 spiro atoms. The molecule has 0 radical (unpaired) electrons. The summed E-state index contributed by atoms with van der Waals surface area (Å²) in [6.07, 6.45) is 0. The van der Waals surface area contributed by atoms with Crippen LogP contribution in [0.3, 0.4) is 0 Å². The second-order valence-corrected chi connectivity index (χ2v) is 12.2. The number of fused-ring (bicyclic) bond motifs is 2.